The number of sulfonamides is 1. The van der Waals surface area contributed by atoms with Crippen LogP contribution in [0.25, 0.3) is 0 Å². The van der Waals surface area contributed by atoms with E-state index in [2.05, 4.69) is 16.6 Å². The maximum absolute atomic E-state index is 14.1. The lowest BCUT2D eigenvalue weighted by molar-refractivity contribution is -0.138. The van der Waals surface area contributed by atoms with Gasteiger partial charge in [-0.15, -0.1) is 6.58 Å². The maximum atomic E-state index is 14.1. The molecule has 3 fully saturated rings. The van der Waals surface area contributed by atoms with E-state index in [4.69, 9.17) is 4.74 Å². The number of hydrogen-bond acceptors (Lipinski definition) is 7. The number of halogens is 1. The molecule has 1 aromatic carbocycles. The Morgan fingerprint density at radius 2 is 1.95 bits per heavy atom. The molecular formula is C25H29FN4O7S. The Hall–Kier alpha value is -3.48. The Labute approximate surface area is 219 Å². The Kier molecular flexibility index (Phi) is 6.44. The molecule has 2 aliphatic heterocycles. The molecule has 0 radical (unpaired) electrons. The molecule has 2 N–H and O–H groups in total. The summed E-state index contributed by atoms with van der Waals surface area (Å²) in [6.07, 6.45) is 1.09. The van der Waals surface area contributed by atoms with Crippen LogP contribution in [0.3, 0.4) is 0 Å². The third-order valence-electron chi connectivity index (χ3n) is 7.67. The Balaban J connectivity index is 1.24. The van der Waals surface area contributed by atoms with E-state index >= 15 is 0 Å². The van der Waals surface area contributed by atoms with Crippen LogP contribution in [0, 0.1) is 11.7 Å². The number of hydrogen-bond donors (Lipinski definition) is 2. The van der Waals surface area contributed by atoms with Gasteiger partial charge in [-0.3, -0.25) is 24.0 Å². The molecule has 0 unspecified atom stereocenters. The van der Waals surface area contributed by atoms with Gasteiger partial charge in [0.25, 0.3) is 5.91 Å². The summed E-state index contributed by atoms with van der Waals surface area (Å²) in [6, 6.07) is 3.59. The molecule has 11 nitrogen and oxygen atoms in total. The van der Waals surface area contributed by atoms with Gasteiger partial charge in [0, 0.05) is 31.4 Å². The van der Waals surface area contributed by atoms with Gasteiger partial charge in [-0.1, -0.05) is 18.2 Å². The van der Waals surface area contributed by atoms with Crippen LogP contribution in [0.4, 0.5) is 9.18 Å². The molecule has 38 heavy (non-hydrogen) atoms. The average Bonchev–Trinajstić information content (AvgIpc) is 3.74. The molecule has 1 saturated heterocycles. The molecule has 4 amide bonds. The van der Waals surface area contributed by atoms with Crippen LogP contribution in [0.15, 0.2) is 30.9 Å². The number of carbonyl (C=O) groups is 4. The fourth-order valence-electron chi connectivity index (χ4n) is 5.23. The van der Waals surface area contributed by atoms with Crippen LogP contribution in [0.2, 0.25) is 0 Å². The fourth-order valence-corrected chi connectivity index (χ4v) is 6.59. The topological polar surface area (TPSA) is 142 Å². The summed E-state index contributed by atoms with van der Waals surface area (Å²) >= 11 is 0. The monoisotopic (exact) mass is 548 g/mol. The molecule has 0 aromatic heterocycles. The Bertz CT molecular complexity index is 1330. The summed E-state index contributed by atoms with van der Waals surface area (Å²) < 4.78 is 46.3. The summed E-state index contributed by atoms with van der Waals surface area (Å²) in [6.45, 7) is 5.15. The summed E-state index contributed by atoms with van der Waals surface area (Å²) in [4.78, 5) is 54.0. The molecule has 0 spiro atoms. The molecule has 2 aliphatic carbocycles. The van der Waals surface area contributed by atoms with E-state index in [0.29, 0.717) is 24.0 Å². The SMILES string of the molecule is C=C[C@@H]1C[C@]1(NC(=O)[C@@H]1C[C@@H](OC(=O)N2Cc3cccc(F)c3C2)CN1C(C)=O)C(=O)NS(=O)(=O)C1CC1. The van der Waals surface area contributed by atoms with Crippen molar-refractivity contribution in [1.29, 1.82) is 0 Å². The highest BCUT2D eigenvalue weighted by atomic mass is 32.2. The highest BCUT2D eigenvalue weighted by Gasteiger charge is 2.61. The van der Waals surface area contributed by atoms with Crippen LogP contribution in [0.5, 0.6) is 0 Å². The molecule has 0 bridgehead atoms. The zero-order valence-corrected chi connectivity index (χ0v) is 21.6. The van der Waals surface area contributed by atoms with Gasteiger partial charge in [-0.2, -0.15) is 0 Å². The van der Waals surface area contributed by atoms with E-state index in [1.165, 1.54) is 28.9 Å². The van der Waals surface area contributed by atoms with Crippen molar-refractivity contribution in [3.63, 3.8) is 0 Å². The van der Waals surface area contributed by atoms with E-state index in [1.807, 2.05) is 0 Å². The lowest BCUT2D eigenvalue weighted by atomic mass is 10.1. The number of likely N-dealkylation sites (tertiary alicyclic amines) is 1. The first-order valence-electron chi connectivity index (χ1n) is 12.4. The molecule has 4 aliphatic rings. The minimum Gasteiger partial charge on any atom is -0.444 e. The zero-order valence-electron chi connectivity index (χ0n) is 20.8. The second-order valence-electron chi connectivity index (χ2n) is 10.3. The zero-order chi connectivity index (χ0) is 27.4. The van der Waals surface area contributed by atoms with E-state index in [0.717, 1.165) is 0 Å². The number of ether oxygens (including phenoxy) is 1. The van der Waals surface area contributed by atoms with Gasteiger partial charge < -0.3 is 15.0 Å². The number of nitrogens with zero attached hydrogens (tertiary/aromatic N) is 2. The van der Waals surface area contributed by atoms with Crippen molar-refractivity contribution in [1.82, 2.24) is 19.8 Å². The van der Waals surface area contributed by atoms with Crippen LogP contribution in [0.1, 0.15) is 43.7 Å². The van der Waals surface area contributed by atoms with Crippen molar-refractivity contribution < 1.29 is 36.7 Å². The summed E-state index contributed by atoms with van der Waals surface area (Å²) in [5.74, 6) is -2.79. The quantitative estimate of drug-likeness (QED) is 0.483. The minimum atomic E-state index is -3.83. The highest BCUT2D eigenvalue weighted by molar-refractivity contribution is 7.91. The first-order valence-corrected chi connectivity index (χ1v) is 14.0. The largest absolute Gasteiger partial charge is 0.444 e. The summed E-state index contributed by atoms with van der Waals surface area (Å²) in [5, 5.41) is 2.04. The van der Waals surface area contributed by atoms with E-state index in [-0.39, 0.29) is 32.5 Å². The third-order valence-corrected chi connectivity index (χ3v) is 9.49. The van der Waals surface area contributed by atoms with Crippen molar-refractivity contribution in [2.24, 2.45) is 5.92 Å². The summed E-state index contributed by atoms with van der Waals surface area (Å²) in [7, 11) is -3.83. The van der Waals surface area contributed by atoms with Gasteiger partial charge >= 0.3 is 6.09 Å². The number of amides is 4. The van der Waals surface area contributed by atoms with Crippen LogP contribution in [-0.4, -0.2) is 71.5 Å². The molecule has 204 valence electrons. The van der Waals surface area contributed by atoms with Crippen LogP contribution in [-0.2, 0) is 42.2 Å². The molecule has 2 heterocycles. The second kappa shape index (κ2) is 9.37. The number of rotatable bonds is 7. The third kappa shape index (κ3) is 4.74. The van der Waals surface area contributed by atoms with Crippen molar-refractivity contribution in [2.75, 3.05) is 6.54 Å². The predicted octanol–water partition coefficient (Wildman–Crippen LogP) is 0.937. The second-order valence-corrected chi connectivity index (χ2v) is 12.3. The van der Waals surface area contributed by atoms with E-state index in [1.54, 1.807) is 12.1 Å². The fraction of sp³-hybridized carbons (Fsp3) is 0.520. The first kappa shape index (κ1) is 26.1. The van der Waals surface area contributed by atoms with Crippen molar-refractivity contribution >= 4 is 33.8 Å². The van der Waals surface area contributed by atoms with Gasteiger partial charge in [-0.25, -0.2) is 17.6 Å². The molecular weight excluding hydrogens is 519 g/mol. The number of benzene rings is 1. The van der Waals surface area contributed by atoms with Gasteiger partial charge in [0.1, 0.15) is 23.5 Å². The van der Waals surface area contributed by atoms with E-state index < -0.39 is 68.5 Å². The highest BCUT2D eigenvalue weighted by Crippen LogP contribution is 2.45. The normalized spacial score (nSPS) is 27.9. The lowest BCUT2D eigenvalue weighted by Crippen LogP contribution is -2.56. The van der Waals surface area contributed by atoms with Crippen molar-refractivity contribution in [2.45, 2.75) is 68.6 Å². The Morgan fingerprint density at radius 1 is 1.21 bits per heavy atom. The van der Waals surface area contributed by atoms with Crippen LogP contribution >= 0.6 is 0 Å². The number of nitrogens with one attached hydrogen (secondary N) is 2. The molecule has 2 saturated carbocycles. The first-order chi connectivity index (χ1) is 17.9. The van der Waals surface area contributed by atoms with Gasteiger partial charge in [0.05, 0.1) is 18.3 Å². The minimum absolute atomic E-state index is 0.0108. The van der Waals surface area contributed by atoms with E-state index in [9.17, 15) is 32.0 Å². The van der Waals surface area contributed by atoms with Gasteiger partial charge in [0.2, 0.25) is 21.8 Å². The average molecular weight is 549 g/mol. The molecule has 13 heteroatoms. The molecule has 4 atom stereocenters. The number of carbonyl (C=O) groups excluding carboxylic acids is 4. The predicted molar refractivity (Wildman–Crippen MR) is 131 cm³/mol. The molecule has 5 rings (SSSR count). The maximum Gasteiger partial charge on any atom is 0.410 e. The molecule has 1 aromatic rings. The van der Waals surface area contributed by atoms with Crippen LogP contribution < -0.4 is 10.0 Å². The van der Waals surface area contributed by atoms with Gasteiger partial charge in [-0.05, 0) is 30.9 Å². The van der Waals surface area contributed by atoms with Crippen molar-refractivity contribution in [3.8, 4) is 0 Å². The van der Waals surface area contributed by atoms with Crippen molar-refractivity contribution in [3.05, 3.63) is 47.8 Å². The van der Waals surface area contributed by atoms with Gasteiger partial charge in [0.15, 0.2) is 0 Å². The smallest absolute Gasteiger partial charge is 0.410 e. The lowest BCUT2D eigenvalue weighted by Gasteiger charge is -2.25. The summed E-state index contributed by atoms with van der Waals surface area (Å²) in [5.41, 5.74) is -0.375. The standard InChI is InChI=1S/C25H29FN4O7S/c1-3-16-10-25(16,23(33)28-38(35,36)18-7-8-18)27-22(32)21-9-17(12-30(21)14(2)31)37-24(34)29-11-15-5-4-6-20(26)19(15)13-29/h3-6,16-18,21H,1,7-13H2,2H3,(H,27,32)(H,28,33)/t16-,17-,21+,25-/m1/s1. The Morgan fingerprint density at radius 3 is 2.55 bits per heavy atom. The number of fused-ring (bicyclic) bond motifs is 1.